The van der Waals surface area contributed by atoms with Crippen LogP contribution in [0.15, 0.2) is 48.5 Å². The van der Waals surface area contributed by atoms with Crippen LogP contribution in [-0.4, -0.2) is 11.7 Å². The van der Waals surface area contributed by atoms with E-state index in [1.165, 1.54) is 12.1 Å². The van der Waals surface area contributed by atoms with E-state index >= 15 is 0 Å². The van der Waals surface area contributed by atoms with Gasteiger partial charge >= 0.3 is 6.18 Å². The third-order valence-electron chi connectivity index (χ3n) is 3.76. The molecule has 6 heteroatoms. The molecule has 0 saturated heterocycles. The van der Waals surface area contributed by atoms with Gasteiger partial charge in [-0.15, -0.1) is 0 Å². The van der Waals surface area contributed by atoms with E-state index in [1.807, 2.05) is 13.0 Å². The monoisotopic (exact) mass is 334 g/mol. The summed E-state index contributed by atoms with van der Waals surface area (Å²) in [4.78, 5) is 0. The van der Waals surface area contributed by atoms with Crippen LogP contribution in [0, 0.1) is 11.3 Å². The summed E-state index contributed by atoms with van der Waals surface area (Å²) in [6.45, 7) is 1.99. The summed E-state index contributed by atoms with van der Waals surface area (Å²) in [7, 11) is 0. The molecular weight excluding hydrogens is 317 g/mol. The Bertz CT molecular complexity index is 720. The maximum Gasteiger partial charge on any atom is 0.416 e. The Morgan fingerprint density at radius 1 is 1.12 bits per heavy atom. The van der Waals surface area contributed by atoms with Crippen molar-refractivity contribution in [1.29, 1.82) is 5.26 Å². The van der Waals surface area contributed by atoms with Gasteiger partial charge in [0, 0.05) is 12.6 Å². The van der Waals surface area contributed by atoms with E-state index in [0.29, 0.717) is 5.56 Å². The summed E-state index contributed by atoms with van der Waals surface area (Å²) < 4.78 is 38.1. The first kappa shape index (κ1) is 18.0. The minimum Gasteiger partial charge on any atom is -0.387 e. The second-order valence-electron chi connectivity index (χ2n) is 5.50. The Labute approximate surface area is 138 Å². The van der Waals surface area contributed by atoms with E-state index < -0.39 is 17.8 Å². The highest BCUT2D eigenvalue weighted by molar-refractivity contribution is 5.33. The number of benzene rings is 2. The molecule has 0 spiro atoms. The van der Waals surface area contributed by atoms with E-state index in [-0.39, 0.29) is 18.2 Å². The fourth-order valence-electron chi connectivity index (χ4n) is 2.29. The molecule has 0 aliphatic rings. The zero-order valence-electron chi connectivity index (χ0n) is 13.0. The van der Waals surface area contributed by atoms with Gasteiger partial charge in [0.25, 0.3) is 0 Å². The van der Waals surface area contributed by atoms with Crippen LogP contribution in [0.3, 0.4) is 0 Å². The molecule has 2 N–H and O–H groups in total. The van der Waals surface area contributed by atoms with Crippen molar-refractivity contribution in [3.05, 3.63) is 70.8 Å². The molecule has 0 aliphatic carbocycles. The van der Waals surface area contributed by atoms with Crippen LogP contribution in [-0.2, 0) is 6.18 Å². The Hall–Kier alpha value is -2.36. The minimum atomic E-state index is -4.43. The topological polar surface area (TPSA) is 56.0 Å². The number of aliphatic hydroxyl groups excluding tert-OH is 1. The molecule has 2 aromatic carbocycles. The van der Waals surface area contributed by atoms with Crippen LogP contribution in [0.25, 0.3) is 0 Å². The molecule has 0 radical (unpaired) electrons. The molecule has 2 rings (SSSR count). The number of hydrogen-bond donors (Lipinski definition) is 2. The van der Waals surface area contributed by atoms with E-state index in [2.05, 4.69) is 5.32 Å². The number of halogens is 3. The van der Waals surface area contributed by atoms with Gasteiger partial charge in [-0.05, 0) is 42.3 Å². The molecule has 2 unspecified atom stereocenters. The van der Waals surface area contributed by atoms with E-state index in [0.717, 1.165) is 17.7 Å². The molecule has 0 heterocycles. The predicted molar refractivity (Wildman–Crippen MR) is 84.0 cm³/mol. The molecule has 0 aliphatic heterocycles. The standard InChI is InChI=1S/C18H17F3N2O/c1-12(14-7-5-13(10-22)6-8-14)23-11-17(24)15-3-2-4-16(9-15)18(19,20)21/h2-9,12,17,23-24H,11H2,1H3. The van der Waals surface area contributed by atoms with Crippen LogP contribution in [0.2, 0.25) is 0 Å². The quantitative estimate of drug-likeness (QED) is 0.870. The van der Waals surface area contributed by atoms with Gasteiger partial charge in [0.2, 0.25) is 0 Å². The van der Waals surface area contributed by atoms with Crippen LogP contribution < -0.4 is 5.32 Å². The first-order chi connectivity index (χ1) is 11.3. The summed E-state index contributed by atoms with van der Waals surface area (Å²) in [5.41, 5.74) is 0.906. The highest BCUT2D eigenvalue weighted by atomic mass is 19.4. The van der Waals surface area contributed by atoms with Crippen LogP contribution in [0.4, 0.5) is 13.2 Å². The molecule has 2 atom stereocenters. The molecule has 2 aromatic rings. The van der Waals surface area contributed by atoms with Gasteiger partial charge in [-0.25, -0.2) is 0 Å². The molecule has 0 saturated carbocycles. The minimum absolute atomic E-state index is 0.113. The van der Waals surface area contributed by atoms with Gasteiger partial charge in [0.15, 0.2) is 0 Å². The average molecular weight is 334 g/mol. The number of hydrogen-bond acceptors (Lipinski definition) is 3. The summed E-state index contributed by atoms with van der Waals surface area (Å²) in [6.07, 6.45) is -5.48. The third kappa shape index (κ3) is 4.57. The summed E-state index contributed by atoms with van der Waals surface area (Å²) in [6, 6.07) is 13.6. The molecular formula is C18H17F3N2O. The number of alkyl halides is 3. The van der Waals surface area contributed by atoms with Crippen LogP contribution in [0.1, 0.15) is 41.3 Å². The van der Waals surface area contributed by atoms with Crippen molar-refractivity contribution in [2.24, 2.45) is 0 Å². The fourth-order valence-corrected chi connectivity index (χ4v) is 2.29. The Kier molecular flexibility index (Phi) is 5.60. The van der Waals surface area contributed by atoms with Gasteiger partial charge in [-0.3, -0.25) is 0 Å². The van der Waals surface area contributed by atoms with Crippen molar-refractivity contribution >= 4 is 0 Å². The van der Waals surface area contributed by atoms with Crippen molar-refractivity contribution in [3.8, 4) is 6.07 Å². The summed E-state index contributed by atoms with van der Waals surface area (Å²) in [5.74, 6) is 0. The smallest absolute Gasteiger partial charge is 0.387 e. The molecule has 0 aromatic heterocycles. The van der Waals surface area contributed by atoms with Gasteiger partial charge < -0.3 is 10.4 Å². The largest absolute Gasteiger partial charge is 0.416 e. The second-order valence-corrected chi connectivity index (χ2v) is 5.50. The van der Waals surface area contributed by atoms with Gasteiger partial charge in [0.05, 0.1) is 23.3 Å². The van der Waals surface area contributed by atoms with Crippen molar-refractivity contribution in [3.63, 3.8) is 0 Å². The highest BCUT2D eigenvalue weighted by Gasteiger charge is 2.30. The van der Waals surface area contributed by atoms with Crippen molar-refractivity contribution < 1.29 is 18.3 Å². The second kappa shape index (κ2) is 7.47. The number of nitrogens with one attached hydrogen (secondary N) is 1. The predicted octanol–water partition coefficient (Wildman–Crippen LogP) is 3.96. The molecule has 3 nitrogen and oxygen atoms in total. The SMILES string of the molecule is CC(NCC(O)c1cccc(C(F)(F)F)c1)c1ccc(C#N)cc1. The Balaban J connectivity index is 1.99. The lowest BCUT2D eigenvalue weighted by Crippen LogP contribution is -2.24. The fraction of sp³-hybridized carbons (Fsp3) is 0.278. The lowest BCUT2D eigenvalue weighted by atomic mass is 10.0. The van der Waals surface area contributed by atoms with E-state index in [9.17, 15) is 18.3 Å². The number of rotatable bonds is 5. The van der Waals surface area contributed by atoms with Crippen molar-refractivity contribution in [2.75, 3.05) is 6.54 Å². The first-order valence-corrected chi connectivity index (χ1v) is 7.40. The van der Waals surface area contributed by atoms with Crippen LogP contribution >= 0.6 is 0 Å². The first-order valence-electron chi connectivity index (χ1n) is 7.40. The van der Waals surface area contributed by atoms with Crippen molar-refractivity contribution in [1.82, 2.24) is 5.32 Å². The summed E-state index contributed by atoms with van der Waals surface area (Å²) >= 11 is 0. The lowest BCUT2D eigenvalue weighted by molar-refractivity contribution is -0.137. The highest BCUT2D eigenvalue weighted by Crippen LogP contribution is 2.30. The number of aliphatic hydroxyl groups is 1. The van der Waals surface area contributed by atoms with E-state index in [1.54, 1.807) is 24.3 Å². The maximum atomic E-state index is 12.7. The van der Waals surface area contributed by atoms with Crippen LogP contribution in [0.5, 0.6) is 0 Å². The zero-order chi connectivity index (χ0) is 17.7. The molecule has 0 bridgehead atoms. The number of nitriles is 1. The molecule has 0 fully saturated rings. The Morgan fingerprint density at radius 2 is 1.79 bits per heavy atom. The summed E-state index contributed by atoms with van der Waals surface area (Å²) in [5, 5.41) is 22.0. The van der Waals surface area contributed by atoms with E-state index in [4.69, 9.17) is 5.26 Å². The molecule has 0 amide bonds. The van der Waals surface area contributed by atoms with Gasteiger partial charge in [-0.1, -0.05) is 24.3 Å². The van der Waals surface area contributed by atoms with Gasteiger partial charge in [-0.2, -0.15) is 18.4 Å². The van der Waals surface area contributed by atoms with Gasteiger partial charge in [0.1, 0.15) is 0 Å². The normalized spacial score (nSPS) is 14.0. The average Bonchev–Trinajstić information content (AvgIpc) is 2.58. The number of nitrogens with zero attached hydrogens (tertiary/aromatic N) is 1. The Morgan fingerprint density at radius 3 is 2.38 bits per heavy atom. The lowest BCUT2D eigenvalue weighted by Gasteiger charge is -2.18. The zero-order valence-corrected chi connectivity index (χ0v) is 13.0. The van der Waals surface area contributed by atoms with Crippen molar-refractivity contribution in [2.45, 2.75) is 25.2 Å². The molecule has 126 valence electrons. The third-order valence-corrected chi connectivity index (χ3v) is 3.76. The maximum absolute atomic E-state index is 12.7. The molecule has 24 heavy (non-hydrogen) atoms.